The predicted molar refractivity (Wildman–Crippen MR) is 123 cm³/mol. The van der Waals surface area contributed by atoms with Gasteiger partial charge in [0.15, 0.2) is 11.4 Å². The standard InChI is InChI=1S/C25H32N2O6/c1-14(2)24(29)33-22-20(31-7)12-13-26-21(22)23(28)27-17(5)25(30)32-18(6)16(4)19-11-9-8-10-15(19)3/h8-14,16-18H,1-7H3,(H,27,28)/t16?,17-,18?/m0/s1. The number of carbonyl (C=O) groups excluding carboxylic acids is 3. The lowest BCUT2D eigenvalue weighted by molar-refractivity contribution is -0.151. The number of pyridine rings is 1. The van der Waals surface area contributed by atoms with Crippen LogP contribution in [-0.4, -0.2) is 42.1 Å². The van der Waals surface area contributed by atoms with Crippen LogP contribution in [0.3, 0.4) is 0 Å². The Hall–Kier alpha value is -3.42. The van der Waals surface area contributed by atoms with Crippen LogP contribution in [0.5, 0.6) is 11.5 Å². The summed E-state index contributed by atoms with van der Waals surface area (Å²) in [5, 5.41) is 2.56. The molecule has 2 aromatic rings. The molecule has 0 radical (unpaired) electrons. The van der Waals surface area contributed by atoms with Crippen molar-refractivity contribution in [2.45, 2.75) is 59.6 Å². The molecule has 0 saturated heterocycles. The number of hydrogen-bond acceptors (Lipinski definition) is 7. The lowest BCUT2D eigenvalue weighted by Gasteiger charge is -2.24. The summed E-state index contributed by atoms with van der Waals surface area (Å²) in [5.74, 6) is -2.18. The molecular weight excluding hydrogens is 424 g/mol. The molecule has 1 aromatic heterocycles. The number of rotatable bonds is 9. The van der Waals surface area contributed by atoms with Gasteiger partial charge in [-0.2, -0.15) is 0 Å². The number of esters is 2. The molecular formula is C25H32N2O6. The van der Waals surface area contributed by atoms with Crippen LogP contribution in [-0.2, 0) is 14.3 Å². The summed E-state index contributed by atoms with van der Waals surface area (Å²) in [6.45, 7) is 10.7. The van der Waals surface area contributed by atoms with E-state index >= 15 is 0 Å². The summed E-state index contributed by atoms with van der Waals surface area (Å²) in [4.78, 5) is 41.6. The van der Waals surface area contributed by atoms with Crippen molar-refractivity contribution in [1.29, 1.82) is 0 Å². The van der Waals surface area contributed by atoms with Crippen molar-refractivity contribution in [1.82, 2.24) is 10.3 Å². The van der Waals surface area contributed by atoms with Crippen molar-refractivity contribution >= 4 is 17.8 Å². The molecule has 0 bridgehead atoms. The van der Waals surface area contributed by atoms with Crippen molar-refractivity contribution in [2.75, 3.05) is 7.11 Å². The molecule has 1 amide bonds. The fraction of sp³-hybridized carbons (Fsp3) is 0.440. The van der Waals surface area contributed by atoms with E-state index in [4.69, 9.17) is 14.2 Å². The Bertz CT molecular complexity index is 1000. The fourth-order valence-corrected chi connectivity index (χ4v) is 3.13. The van der Waals surface area contributed by atoms with E-state index in [0.29, 0.717) is 0 Å². The molecule has 2 rings (SSSR count). The second-order valence-electron chi connectivity index (χ2n) is 8.25. The number of nitrogens with zero attached hydrogens (tertiary/aromatic N) is 1. The molecule has 33 heavy (non-hydrogen) atoms. The highest BCUT2D eigenvalue weighted by Gasteiger charge is 2.27. The largest absolute Gasteiger partial charge is 0.493 e. The number of aromatic nitrogens is 1. The minimum atomic E-state index is -0.953. The van der Waals surface area contributed by atoms with Gasteiger partial charge < -0.3 is 19.5 Å². The third-order valence-corrected chi connectivity index (χ3v) is 5.36. The van der Waals surface area contributed by atoms with Gasteiger partial charge in [0.1, 0.15) is 12.1 Å². The maximum atomic E-state index is 12.9. The van der Waals surface area contributed by atoms with E-state index in [1.165, 1.54) is 26.3 Å². The monoisotopic (exact) mass is 456 g/mol. The van der Waals surface area contributed by atoms with Crippen LogP contribution in [0, 0.1) is 12.8 Å². The van der Waals surface area contributed by atoms with Gasteiger partial charge in [-0.1, -0.05) is 45.0 Å². The highest BCUT2D eigenvalue weighted by Crippen LogP contribution is 2.30. The van der Waals surface area contributed by atoms with Crippen LogP contribution in [0.4, 0.5) is 0 Å². The van der Waals surface area contributed by atoms with Gasteiger partial charge in [-0.15, -0.1) is 0 Å². The van der Waals surface area contributed by atoms with E-state index in [2.05, 4.69) is 10.3 Å². The number of carbonyl (C=O) groups is 3. The molecule has 0 aliphatic carbocycles. The van der Waals surface area contributed by atoms with Gasteiger partial charge in [0.25, 0.3) is 5.91 Å². The van der Waals surface area contributed by atoms with Gasteiger partial charge >= 0.3 is 11.9 Å². The molecule has 1 N–H and O–H groups in total. The van der Waals surface area contributed by atoms with Crippen LogP contribution in [0.15, 0.2) is 36.5 Å². The zero-order valence-electron chi connectivity index (χ0n) is 20.2. The SMILES string of the molecule is COc1ccnc(C(=O)N[C@@H](C)C(=O)OC(C)C(C)c2ccccc2C)c1OC(=O)C(C)C. The van der Waals surface area contributed by atoms with Crippen molar-refractivity contribution in [2.24, 2.45) is 5.92 Å². The molecule has 0 spiro atoms. The molecule has 8 heteroatoms. The number of aryl methyl sites for hydroxylation is 1. The maximum Gasteiger partial charge on any atom is 0.328 e. The van der Waals surface area contributed by atoms with Gasteiger partial charge in [-0.05, 0) is 31.9 Å². The van der Waals surface area contributed by atoms with Crippen molar-refractivity contribution in [3.05, 3.63) is 53.3 Å². The summed E-state index contributed by atoms with van der Waals surface area (Å²) in [6, 6.07) is 8.44. The molecule has 3 atom stereocenters. The molecule has 2 unspecified atom stereocenters. The third-order valence-electron chi connectivity index (χ3n) is 5.36. The smallest absolute Gasteiger partial charge is 0.328 e. The van der Waals surface area contributed by atoms with E-state index in [1.54, 1.807) is 13.8 Å². The Balaban J connectivity index is 2.11. The summed E-state index contributed by atoms with van der Waals surface area (Å²) in [6.07, 6.45) is 0.950. The first kappa shape index (κ1) is 25.8. The second kappa shape index (κ2) is 11.4. The average Bonchev–Trinajstić information content (AvgIpc) is 2.78. The van der Waals surface area contributed by atoms with E-state index in [-0.39, 0.29) is 23.1 Å². The Morgan fingerprint density at radius 2 is 1.64 bits per heavy atom. The van der Waals surface area contributed by atoms with E-state index in [1.807, 2.05) is 45.0 Å². The molecule has 0 fully saturated rings. The molecule has 8 nitrogen and oxygen atoms in total. The first-order valence-corrected chi connectivity index (χ1v) is 10.9. The Morgan fingerprint density at radius 3 is 2.24 bits per heavy atom. The Morgan fingerprint density at radius 1 is 0.970 bits per heavy atom. The number of hydrogen-bond donors (Lipinski definition) is 1. The summed E-state index contributed by atoms with van der Waals surface area (Å²) >= 11 is 0. The quantitative estimate of drug-likeness (QED) is 0.572. The number of benzene rings is 1. The van der Waals surface area contributed by atoms with Gasteiger partial charge in [-0.25, -0.2) is 9.78 Å². The number of amides is 1. The summed E-state index contributed by atoms with van der Waals surface area (Å²) in [7, 11) is 1.39. The van der Waals surface area contributed by atoms with Crippen LogP contribution in [0.25, 0.3) is 0 Å². The molecule has 0 aliphatic rings. The zero-order valence-corrected chi connectivity index (χ0v) is 20.2. The average molecular weight is 457 g/mol. The number of ether oxygens (including phenoxy) is 3. The molecule has 178 valence electrons. The van der Waals surface area contributed by atoms with Crippen molar-refractivity contribution in [3.8, 4) is 11.5 Å². The molecule has 0 aliphatic heterocycles. The summed E-state index contributed by atoms with van der Waals surface area (Å²) < 4.78 is 16.2. The highest BCUT2D eigenvalue weighted by molar-refractivity contribution is 5.98. The van der Waals surface area contributed by atoms with Crippen LogP contribution in [0.1, 0.15) is 62.2 Å². The van der Waals surface area contributed by atoms with Crippen molar-refractivity contribution < 1.29 is 28.6 Å². The first-order chi connectivity index (χ1) is 15.6. The van der Waals surface area contributed by atoms with E-state index in [0.717, 1.165) is 11.1 Å². The minimum absolute atomic E-state index is 0.0276. The minimum Gasteiger partial charge on any atom is -0.493 e. The number of nitrogens with one attached hydrogen (secondary N) is 1. The van der Waals surface area contributed by atoms with Gasteiger partial charge in [-0.3, -0.25) is 9.59 Å². The Kier molecular flexibility index (Phi) is 8.96. The molecule has 1 aromatic carbocycles. The summed E-state index contributed by atoms with van der Waals surface area (Å²) in [5.41, 5.74) is 2.04. The highest BCUT2D eigenvalue weighted by atomic mass is 16.6. The van der Waals surface area contributed by atoms with Crippen LogP contribution >= 0.6 is 0 Å². The molecule has 0 saturated carbocycles. The van der Waals surface area contributed by atoms with E-state index < -0.39 is 35.9 Å². The van der Waals surface area contributed by atoms with Crippen molar-refractivity contribution in [3.63, 3.8) is 0 Å². The topological polar surface area (TPSA) is 104 Å². The lowest BCUT2D eigenvalue weighted by atomic mass is 9.92. The van der Waals surface area contributed by atoms with Crippen LogP contribution in [0.2, 0.25) is 0 Å². The molecule has 1 heterocycles. The van der Waals surface area contributed by atoms with Gasteiger partial charge in [0.2, 0.25) is 5.75 Å². The second-order valence-corrected chi connectivity index (χ2v) is 8.25. The van der Waals surface area contributed by atoms with Gasteiger partial charge in [0, 0.05) is 18.2 Å². The fourth-order valence-electron chi connectivity index (χ4n) is 3.13. The Labute approximate surface area is 194 Å². The zero-order chi connectivity index (χ0) is 24.7. The lowest BCUT2D eigenvalue weighted by Crippen LogP contribution is -2.41. The van der Waals surface area contributed by atoms with Gasteiger partial charge in [0.05, 0.1) is 13.0 Å². The van der Waals surface area contributed by atoms with E-state index in [9.17, 15) is 14.4 Å². The number of methoxy groups -OCH3 is 1. The third kappa shape index (κ3) is 6.54. The normalized spacial score (nSPS) is 13.6. The first-order valence-electron chi connectivity index (χ1n) is 10.9. The maximum absolute atomic E-state index is 12.9. The van der Waals surface area contributed by atoms with Crippen LogP contribution < -0.4 is 14.8 Å². The predicted octanol–water partition coefficient (Wildman–Crippen LogP) is 3.81.